The molecule has 13 heteroatoms. The quantitative estimate of drug-likeness (QED) is 0.141. The molecule has 0 aliphatic rings. The first-order chi connectivity index (χ1) is 17.3. The summed E-state index contributed by atoms with van der Waals surface area (Å²) in [7, 11) is 0. The summed E-state index contributed by atoms with van der Waals surface area (Å²) in [6.45, 7) is 0.350. The Morgan fingerprint density at radius 2 is 0.892 bits per heavy atom. The van der Waals surface area contributed by atoms with Crippen LogP contribution < -0.4 is 10.2 Å². The minimum absolute atomic E-state index is 0. The van der Waals surface area contributed by atoms with Gasteiger partial charge < -0.3 is 49.0 Å². The first-order valence-electron chi connectivity index (χ1n) is 10.7. The smallest absolute Gasteiger partial charge is 0.545 e. The van der Waals surface area contributed by atoms with Gasteiger partial charge >= 0.3 is 39.2 Å². The van der Waals surface area contributed by atoms with Gasteiger partial charge in [0.1, 0.15) is 13.2 Å². The number of aliphatic hydroxyl groups excluding tert-OH is 2. The fraction of sp³-hybridized carbons (Fsp3) is 0.333. The summed E-state index contributed by atoms with van der Waals surface area (Å²) in [6.07, 6.45) is 0. The third kappa shape index (κ3) is 13.3. The van der Waals surface area contributed by atoms with Crippen molar-refractivity contribution in [2.45, 2.75) is 0 Å². The Morgan fingerprint density at radius 3 is 1.19 bits per heavy atom. The number of hydrogen-bond acceptors (Lipinski definition) is 12. The van der Waals surface area contributed by atoms with Crippen LogP contribution in [0.15, 0.2) is 48.5 Å². The second-order valence-electron chi connectivity index (χ2n) is 6.61. The number of carbonyl (C=O) groups excluding carboxylic acids is 4. The second-order valence-corrected chi connectivity index (χ2v) is 6.61. The number of aromatic carboxylic acids is 2. The van der Waals surface area contributed by atoms with Crippen LogP contribution in [0.1, 0.15) is 41.4 Å². The molecule has 0 aliphatic carbocycles. The summed E-state index contributed by atoms with van der Waals surface area (Å²) in [4.78, 5) is 44.7. The molecule has 0 aliphatic heterocycles. The normalized spacial score (nSPS) is 9.78. The molecule has 0 unspecified atom stereocenters. The Bertz CT molecular complexity index is 916. The van der Waals surface area contributed by atoms with Crippen molar-refractivity contribution >= 4 is 23.9 Å². The molecule has 12 nitrogen and oxygen atoms in total. The first kappa shape index (κ1) is 34.1. The number of esters is 2. The van der Waals surface area contributed by atoms with E-state index in [1.807, 2.05) is 0 Å². The monoisotopic (exact) mass is 620 g/mol. The molecule has 0 amide bonds. The van der Waals surface area contributed by atoms with Crippen LogP contribution in [0.25, 0.3) is 0 Å². The molecule has 0 atom stereocenters. The van der Waals surface area contributed by atoms with E-state index in [2.05, 4.69) is 0 Å². The van der Waals surface area contributed by atoms with Crippen molar-refractivity contribution in [1.29, 1.82) is 0 Å². The van der Waals surface area contributed by atoms with Crippen LogP contribution in [0, 0.1) is 0 Å². The summed E-state index contributed by atoms with van der Waals surface area (Å²) in [5.41, 5.74) is -0.531. The average molecular weight is 619 g/mol. The number of carbonyl (C=O) groups is 4. The van der Waals surface area contributed by atoms with Crippen molar-refractivity contribution in [3.05, 3.63) is 70.8 Å². The van der Waals surface area contributed by atoms with Crippen molar-refractivity contribution in [3.63, 3.8) is 0 Å². The predicted molar refractivity (Wildman–Crippen MR) is 118 cm³/mol. The van der Waals surface area contributed by atoms with Gasteiger partial charge in [0, 0.05) is 11.1 Å². The van der Waals surface area contributed by atoms with Crippen molar-refractivity contribution in [2.24, 2.45) is 0 Å². The third-order valence-electron chi connectivity index (χ3n) is 4.13. The van der Waals surface area contributed by atoms with E-state index < -0.39 is 23.9 Å². The van der Waals surface area contributed by atoms with E-state index >= 15 is 0 Å². The zero-order valence-corrected chi connectivity index (χ0v) is 24.0. The molecule has 2 aromatic rings. The van der Waals surface area contributed by atoms with Crippen LogP contribution in [-0.4, -0.2) is 86.9 Å². The van der Waals surface area contributed by atoms with E-state index in [1.54, 1.807) is 0 Å². The minimum Gasteiger partial charge on any atom is -0.545 e. The van der Waals surface area contributed by atoms with E-state index in [-0.39, 0.29) is 102 Å². The summed E-state index contributed by atoms with van der Waals surface area (Å²) in [6, 6.07) is 11.3. The maximum Gasteiger partial charge on any atom is 2.00 e. The number of rotatable bonds is 14. The third-order valence-corrected chi connectivity index (χ3v) is 4.13. The number of benzene rings is 2. The Hall–Kier alpha value is -2.92. The van der Waals surface area contributed by atoms with Crippen LogP contribution in [0.4, 0.5) is 0 Å². The van der Waals surface area contributed by atoms with Gasteiger partial charge in [-0.15, -0.1) is 0 Å². The van der Waals surface area contributed by atoms with Crippen LogP contribution in [0.3, 0.4) is 0 Å². The fourth-order valence-electron chi connectivity index (χ4n) is 2.55. The molecule has 0 aromatic heterocycles. The number of carboxylic acids is 2. The van der Waals surface area contributed by atoms with Crippen molar-refractivity contribution < 1.29 is 85.9 Å². The Balaban J connectivity index is 0.000000682. The van der Waals surface area contributed by atoms with Gasteiger partial charge in [-0.3, -0.25) is 0 Å². The molecular weight excluding hydrogens is 593 g/mol. The van der Waals surface area contributed by atoms with Crippen LogP contribution in [0.5, 0.6) is 0 Å². The van der Waals surface area contributed by atoms with E-state index in [0.717, 1.165) is 0 Å². The van der Waals surface area contributed by atoms with Crippen LogP contribution >= 0.6 is 0 Å². The van der Waals surface area contributed by atoms with Gasteiger partial charge in [0.15, 0.2) is 0 Å². The van der Waals surface area contributed by atoms with Gasteiger partial charge in [0.2, 0.25) is 0 Å². The standard InChI is InChI=1S/2C12H14O6.Cd/c2*13-5-6-17-7-8-18-12(16)10-4-2-1-3-9(10)11(14)15;/h2*1-4,13H,5-8H2,(H,14,15);/q;;+2/p-2. The summed E-state index contributed by atoms with van der Waals surface area (Å²) >= 11 is 0. The molecule has 0 radical (unpaired) electrons. The molecule has 0 saturated carbocycles. The SMILES string of the molecule is O=C([O-])c1ccccc1C(=O)OCCOCCO.O=C([O-])c1ccccc1C(=O)OCCOCCO.[Cd+2]. The zero-order chi connectivity index (χ0) is 26.8. The maximum atomic E-state index is 11.6. The van der Waals surface area contributed by atoms with Gasteiger partial charge in [-0.2, -0.15) is 0 Å². The van der Waals surface area contributed by atoms with Gasteiger partial charge in [0.25, 0.3) is 0 Å². The van der Waals surface area contributed by atoms with Crippen LogP contribution in [0.2, 0.25) is 0 Å². The van der Waals surface area contributed by atoms with Gasteiger partial charge in [-0.1, -0.05) is 36.4 Å². The molecule has 0 spiro atoms. The predicted octanol–water partition coefficient (Wildman–Crippen LogP) is -1.57. The maximum absolute atomic E-state index is 11.6. The Kier molecular flexibility index (Phi) is 18.6. The Morgan fingerprint density at radius 1 is 0.568 bits per heavy atom. The second kappa shape index (κ2) is 20.2. The zero-order valence-electron chi connectivity index (χ0n) is 20.0. The summed E-state index contributed by atoms with van der Waals surface area (Å²) < 4.78 is 19.4. The van der Waals surface area contributed by atoms with E-state index in [4.69, 9.17) is 29.2 Å². The van der Waals surface area contributed by atoms with Gasteiger partial charge in [-0.25, -0.2) is 9.59 Å². The molecule has 2 aromatic carbocycles. The topological polar surface area (TPSA) is 192 Å². The van der Waals surface area contributed by atoms with E-state index in [0.29, 0.717) is 0 Å². The molecule has 0 heterocycles. The summed E-state index contributed by atoms with van der Waals surface area (Å²) in [5.74, 6) is -4.36. The molecule has 2 rings (SSSR count). The van der Waals surface area contributed by atoms with Crippen molar-refractivity contribution in [2.75, 3.05) is 52.9 Å². The average Bonchev–Trinajstić information content (AvgIpc) is 2.88. The molecule has 37 heavy (non-hydrogen) atoms. The largest absolute Gasteiger partial charge is 2.00 e. The number of hydrogen-bond donors (Lipinski definition) is 2. The van der Waals surface area contributed by atoms with Crippen molar-refractivity contribution in [1.82, 2.24) is 0 Å². The fourth-order valence-corrected chi connectivity index (χ4v) is 2.55. The molecule has 0 fully saturated rings. The van der Waals surface area contributed by atoms with E-state index in [1.165, 1.54) is 48.5 Å². The molecular formula is C24H26CdO12. The van der Waals surface area contributed by atoms with Gasteiger partial charge in [-0.05, 0) is 12.1 Å². The molecule has 2 N–H and O–H groups in total. The molecule has 0 bridgehead atoms. The number of carboxylic acid groups (broad SMARTS) is 2. The minimum atomic E-state index is -1.43. The van der Waals surface area contributed by atoms with Gasteiger partial charge in [0.05, 0.1) is 62.7 Å². The van der Waals surface area contributed by atoms with Crippen LogP contribution in [-0.2, 0) is 46.2 Å². The molecule has 196 valence electrons. The van der Waals surface area contributed by atoms with E-state index in [9.17, 15) is 29.4 Å². The molecule has 0 saturated heterocycles. The number of aliphatic hydroxyl groups is 2. The number of ether oxygens (including phenoxy) is 4. The van der Waals surface area contributed by atoms with Crippen molar-refractivity contribution in [3.8, 4) is 0 Å². The first-order valence-corrected chi connectivity index (χ1v) is 10.7. The summed E-state index contributed by atoms with van der Waals surface area (Å²) in [5, 5.41) is 38.4. The Labute approximate surface area is 232 Å².